The maximum Gasteiger partial charge on any atom is 0.475 e. The van der Waals surface area contributed by atoms with E-state index >= 15 is 0 Å². The van der Waals surface area contributed by atoms with Crippen LogP contribution in [0.2, 0.25) is 0 Å². The van der Waals surface area contributed by atoms with Gasteiger partial charge in [0.05, 0.1) is 10.8 Å². The van der Waals surface area contributed by atoms with Crippen molar-refractivity contribution < 1.29 is 32.6 Å². The van der Waals surface area contributed by atoms with Crippen LogP contribution in [0.25, 0.3) is 0 Å². The van der Waals surface area contributed by atoms with Crippen LogP contribution >= 0.6 is 0 Å². The molecule has 1 aliphatic rings. The van der Waals surface area contributed by atoms with E-state index in [-0.39, 0.29) is 23.2 Å². The second kappa shape index (κ2) is 13.7. The van der Waals surface area contributed by atoms with Crippen molar-refractivity contribution in [3.05, 3.63) is 66.2 Å². The minimum absolute atomic E-state index is 0.0741. The van der Waals surface area contributed by atoms with Gasteiger partial charge in [0.25, 0.3) is 10.1 Å². The SMILES string of the molecule is N=C(N)NCCCC(NC(=O)C1(C(=O)NCc2ccccc2)CC1)B(O)O.O=S(=O)(O)c1ccccc1. The second-order valence-electron chi connectivity index (χ2n) is 8.51. The maximum absolute atomic E-state index is 12.6. The molecule has 0 bridgehead atoms. The lowest BCUT2D eigenvalue weighted by molar-refractivity contribution is -0.137. The van der Waals surface area contributed by atoms with Gasteiger partial charge in [-0.2, -0.15) is 8.42 Å². The van der Waals surface area contributed by atoms with Crippen molar-refractivity contribution in [1.29, 1.82) is 5.41 Å². The minimum atomic E-state index is -4.00. The molecule has 1 aliphatic carbocycles. The average molecular weight is 533 g/mol. The monoisotopic (exact) mass is 533 g/mol. The molecular formula is C23H32BN5O7S. The van der Waals surface area contributed by atoms with Crippen LogP contribution in [-0.2, 0) is 26.3 Å². The summed E-state index contributed by atoms with van der Waals surface area (Å²) in [5.74, 6) is -1.92. The summed E-state index contributed by atoms with van der Waals surface area (Å²) in [5, 5.41) is 34.0. The fraction of sp³-hybridized carbons (Fsp3) is 0.348. The Bertz CT molecular complexity index is 1150. The normalized spacial score (nSPS) is 14.2. The quantitative estimate of drug-likeness (QED) is 0.0478. The van der Waals surface area contributed by atoms with E-state index in [9.17, 15) is 28.1 Å². The highest BCUT2D eigenvalue weighted by Gasteiger charge is 2.57. The molecule has 0 aromatic heterocycles. The number of hydrogen-bond acceptors (Lipinski definition) is 7. The number of nitrogens with two attached hydrogens (primary N) is 1. The zero-order valence-electron chi connectivity index (χ0n) is 20.1. The smallest absolute Gasteiger partial charge is 0.426 e. The van der Waals surface area contributed by atoms with E-state index in [0.29, 0.717) is 32.4 Å². The summed E-state index contributed by atoms with van der Waals surface area (Å²) in [7, 11) is -5.74. The third-order valence-corrected chi connectivity index (χ3v) is 6.51. The first-order valence-corrected chi connectivity index (χ1v) is 13.0. The molecule has 0 heterocycles. The average Bonchev–Trinajstić information content (AvgIpc) is 3.67. The number of guanidine groups is 1. The van der Waals surface area contributed by atoms with Gasteiger partial charge in [-0.15, -0.1) is 0 Å². The van der Waals surface area contributed by atoms with Crippen LogP contribution in [0.4, 0.5) is 0 Å². The highest BCUT2D eigenvalue weighted by molar-refractivity contribution is 7.85. The van der Waals surface area contributed by atoms with E-state index < -0.39 is 34.5 Å². The maximum atomic E-state index is 12.6. The number of benzene rings is 2. The summed E-state index contributed by atoms with van der Waals surface area (Å²) in [6.07, 6.45) is 1.60. The van der Waals surface area contributed by atoms with Gasteiger partial charge in [0.1, 0.15) is 5.41 Å². The summed E-state index contributed by atoms with van der Waals surface area (Å²) in [6.45, 7) is 0.703. The Balaban J connectivity index is 0.000000402. The van der Waals surface area contributed by atoms with Gasteiger partial charge < -0.3 is 31.7 Å². The second-order valence-corrected chi connectivity index (χ2v) is 9.94. The van der Waals surface area contributed by atoms with E-state index in [1.165, 1.54) is 12.1 Å². The standard InChI is InChI=1S/C17H26BN5O4.C6H6O3S/c19-16(20)21-10-4-7-13(18(26)27)23-15(25)17(8-9-17)14(24)22-11-12-5-2-1-3-6-12;7-10(8,9)6-4-2-1-3-5-6/h1-3,5-6,13,26-27H,4,7-11H2,(H,22,24)(H,23,25)(H4,19,20,21);1-5H,(H,7,8,9). The van der Waals surface area contributed by atoms with E-state index in [2.05, 4.69) is 16.0 Å². The van der Waals surface area contributed by atoms with Crippen molar-refractivity contribution in [2.45, 2.75) is 43.1 Å². The molecular weight excluding hydrogens is 501 g/mol. The fourth-order valence-corrected chi connectivity index (χ4v) is 3.87. The molecule has 0 aliphatic heterocycles. The molecule has 2 amide bonds. The van der Waals surface area contributed by atoms with Crippen LogP contribution in [0.3, 0.4) is 0 Å². The Morgan fingerprint density at radius 1 is 1.00 bits per heavy atom. The minimum Gasteiger partial charge on any atom is -0.426 e. The van der Waals surface area contributed by atoms with Crippen LogP contribution in [0.5, 0.6) is 0 Å². The van der Waals surface area contributed by atoms with Crippen LogP contribution in [-0.4, -0.2) is 60.4 Å². The van der Waals surface area contributed by atoms with Crippen molar-refractivity contribution in [3.63, 3.8) is 0 Å². The predicted octanol–water partition coefficient (Wildman–Crippen LogP) is -0.224. The van der Waals surface area contributed by atoms with E-state index in [4.69, 9.17) is 15.7 Å². The van der Waals surface area contributed by atoms with Gasteiger partial charge in [0, 0.05) is 13.1 Å². The van der Waals surface area contributed by atoms with Crippen molar-refractivity contribution in [3.8, 4) is 0 Å². The zero-order valence-corrected chi connectivity index (χ0v) is 20.9. The number of nitrogens with one attached hydrogen (secondary N) is 4. The molecule has 1 atom stereocenters. The van der Waals surface area contributed by atoms with Crippen molar-refractivity contribution in [2.24, 2.45) is 11.1 Å². The van der Waals surface area contributed by atoms with Gasteiger partial charge >= 0.3 is 7.12 Å². The summed E-state index contributed by atoms with van der Waals surface area (Å²) < 4.78 is 29.2. The molecule has 2 aromatic carbocycles. The Morgan fingerprint density at radius 3 is 2.03 bits per heavy atom. The molecule has 3 rings (SSSR count). The first kappa shape index (κ1) is 29.8. The Labute approximate surface area is 216 Å². The number of rotatable bonds is 11. The molecule has 9 N–H and O–H groups in total. The first-order chi connectivity index (χ1) is 17.5. The van der Waals surface area contributed by atoms with Gasteiger partial charge in [-0.25, -0.2) is 0 Å². The lowest BCUT2D eigenvalue weighted by atomic mass is 9.76. The highest BCUT2D eigenvalue weighted by atomic mass is 32.2. The number of hydrogen-bond donors (Lipinski definition) is 8. The van der Waals surface area contributed by atoms with E-state index in [1.807, 2.05) is 30.3 Å². The molecule has 1 unspecified atom stereocenters. The molecule has 1 saturated carbocycles. The number of carbonyl (C=O) groups excluding carboxylic acids is 2. The molecule has 37 heavy (non-hydrogen) atoms. The summed E-state index contributed by atoms with van der Waals surface area (Å²) in [4.78, 5) is 25.0. The van der Waals surface area contributed by atoms with E-state index in [1.54, 1.807) is 18.2 Å². The van der Waals surface area contributed by atoms with Gasteiger partial charge in [0.15, 0.2) is 5.96 Å². The molecule has 2 aromatic rings. The third-order valence-electron chi connectivity index (χ3n) is 5.64. The predicted molar refractivity (Wildman–Crippen MR) is 137 cm³/mol. The molecule has 200 valence electrons. The summed E-state index contributed by atoms with van der Waals surface area (Å²) in [6, 6.07) is 16.8. The van der Waals surface area contributed by atoms with Crippen LogP contribution < -0.4 is 21.7 Å². The van der Waals surface area contributed by atoms with Crippen molar-refractivity contribution >= 4 is 35.0 Å². The zero-order chi connectivity index (χ0) is 27.5. The number of amides is 2. The Hall–Kier alpha value is -3.46. The summed E-state index contributed by atoms with van der Waals surface area (Å²) >= 11 is 0. The number of carbonyl (C=O) groups is 2. The van der Waals surface area contributed by atoms with Crippen LogP contribution in [0.15, 0.2) is 65.6 Å². The highest BCUT2D eigenvalue weighted by Crippen LogP contribution is 2.46. The van der Waals surface area contributed by atoms with Gasteiger partial charge in [0.2, 0.25) is 11.8 Å². The molecule has 0 radical (unpaired) electrons. The fourth-order valence-electron chi connectivity index (χ4n) is 3.37. The Morgan fingerprint density at radius 2 is 1.57 bits per heavy atom. The van der Waals surface area contributed by atoms with Crippen LogP contribution in [0.1, 0.15) is 31.2 Å². The summed E-state index contributed by atoms with van der Waals surface area (Å²) in [5.41, 5.74) is 4.97. The molecule has 14 heteroatoms. The van der Waals surface area contributed by atoms with E-state index in [0.717, 1.165) is 5.56 Å². The molecule has 0 spiro atoms. The van der Waals surface area contributed by atoms with Crippen LogP contribution in [0, 0.1) is 10.8 Å². The molecule has 12 nitrogen and oxygen atoms in total. The lowest BCUT2D eigenvalue weighted by Crippen LogP contribution is -2.52. The Kier molecular flexibility index (Phi) is 11.1. The van der Waals surface area contributed by atoms with Gasteiger partial charge in [-0.05, 0) is 43.4 Å². The molecule has 0 saturated heterocycles. The largest absolute Gasteiger partial charge is 0.475 e. The van der Waals surface area contributed by atoms with Gasteiger partial charge in [-0.3, -0.25) is 19.6 Å². The molecule has 1 fully saturated rings. The van der Waals surface area contributed by atoms with Crippen molar-refractivity contribution in [2.75, 3.05) is 6.54 Å². The van der Waals surface area contributed by atoms with Crippen molar-refractivity contribution in [1.82, 2.24) is 16.0 Å². The lowest BCUT2D eigenvalue weighted by Gasteiger charge is -2.22. The van der Waals surface area contributed by atoms with Gasteiger partial charge in [-0.1, -0.05) is 48.5 Å². The topological polar surface area (TPSA) is 215 Å². The third kappa shape index (κ3) is 9.84. The first-order valence-electron chi connectivity index (χ1n) is 11.6.